The molecule has 2 saturated carbocycles. The summed E-state index contributed by atoms with van der Waals surface area (Å²) in [5.74, 6) is -5.82. The number of nitrogens with one attached hydrogen (secondary N) is 4. The minimum atomic E-state index is -2.97. The van der Waals surface area contributed by atoms with Gasteiger partial charge in [0.15, 0.2) is 0 Å². The second kappa shape index (κ2) is 15.0. The van der Waals surface area contributed by atoms with Gasteiger partial charge < -0.3 is 26.2 Å². The van der Waals surface area contributed by atoms with Gasteiger partial charge in [-0.15, -0.1) is 0 Å². The average Bonchev–Trinajstić information content (AvgIpc) is 3.57. The molecule has 0 bridgehead atoms. The molecule has 1 aromatic rings. The molecule has 46 heavy (non-hydrogen) atoms. The number of halogens is 2. The molecule has 2 heterocycles. The summed E-state index contributed by atoms with van der Waals surface area (Å²) in [5, 5.41) is 10.3. The first-order valence-corrected chi connectivity index (χ1v) is 15.9. The van der Waals surface area contributed by atoms with Crippen molar-refractivity contribution in [1.82, 2.24) is 36.1 Å². The highest BCUT2D eigenvalue weighted by Gasteiger charge is 2.51. The Morgan fingerprint density at radius 2 is 1.61 bits per heavy atom. The third kappa shape index (κ3) is 8.40. The van der Waals surface area contributed by atoms with Crippen LogP contribution in [0.1, 0.15) is 76.7 Å². The summed E-state index contributed by atoms with van der Waals surface area (Å²) in [6.07, 6.45) is 3.57. The zero-order valence-electron chi connectivity index (χ0n) is 26.5. The Bertz CT molecular complexity index is 1310. The maximum absolute atomic E-state index is 14.1. The smallest absolute Gasteiger partial charge is 0.289 e. The molecule has 2 aliphatic carbocycles. The van der Waals surface area contributed by atoms with Gasteiger partial charge in [-0.3, -0.25) is 33.8 Å². The molecule has 4 rings (SSSR count). The Hall–Kier alpha value is -4.04. The summed E-state index contributed by atoms with van der Waals surface area (Å²) in [7, 11) is 0. The van der Waals surface area contributed by atoms with Gasteiger partial charge in [-0.05, 0) is 49.4 Å². The lowest BCUT2D eigenvalue weighted by Crippen LogP contribution is -2.60. The van der Waals surface area contributed by atoms with Crippen LogP contribution < -0.4 is 21.3 Å². The van der Waals surface area contributed by atoms with Gasteiger partial charge in [0.1, 0.15) is 29.9 Å². The fraction of sp³-hybridized carbons (Fsp3) is 0.677. The largest absolute Gasteiger partial charge is 0.347 e. The molecule has 13 nitrogen and oxygen atoms in total. The van der Waals surface area contributed by atoms with Gasteiger partial charge in [0.25, 0.3) is 11.8 Å². The lowest BCUT2D eigenvalue weighted by molar-refractivity contribution is -0.145. The molecule has 4 N–H and O–H groups in total. The SMILES string of the molecule is CC(C)[C@H](NC(=O)c1cnccn1)C(=O)N[C@H](C(=O)N1C[C@@H]2CCC[C@@H]2[C@H]1C(=O)N[C@@H](CC(F)F)C(=O)C(=O)NC1CC1)C(C)C. The standard InChI is InChI=1S/C31H43F2N7O6/c1-15(2)23(38-27(42)21-13-34-10-11-35-21)28(43)39-24(16(3)4)31(46)40-14-17-6-5-7-19(17)25(40)29(44)37-20(12-22(32)33)26(41)30(45)36-18-8-9-18/h10-11,13,15-20,22-25H,5-9,12,14H2,1-4H3,(H,36,45)(H,37,44)(H,38,42)(H,39,43)/t17-,19-,20-,23-,24-,25-/m0/s1. The molecule has 15 heteroatoms. The van der Waals surface area contributed by atoms with Gasteiger partial charge in [-0.2, -0.15) is 0 Å². The van der Waals surface area contributed by atoms with Crippen LogP contribution in [-0.4, -0.2) is 93.4 Å². The minimum absolute atomic E-state index is 0.0172. The van der Waals surface area contributed by atoms with Gasteiger partial charge in [-0.1, -0.05) is 34.1 Å². The van der Waals surface area contributed by atoms with Crippen LogP contribution in [0, 0.1) is 23.7 Å². The van der Waals surface area contributed by atoms with Crippen molar-refractivity contribution in [2.24, 2.45) is 23.7 Å². The summed E-state index contributed by atoms with van der Waals surface area (Å²) in [4.78, 5) is 88.5. The second-order valence-electron chi connectivity index (χ2n) is 13.1. The van der Waals surface area contributed by atoms with Crippen molar-refractivity contribution < 1.29 is 37.5 Å². The molecule has 1 saturated heterocycles. The fourth-order valence-corrected chi connectivity index (χ4v) is 6.28. The predicted octanol–water partition coefficient (Wildman–Crippen LogP) is 0.987. The summed E-state index contributed by atoms with van der Waals surface area (Å²) < 4.78 is 26.9. The van der Waals surface area contributed by atoms with E-state index in [4.69, 9.17) is 0 Å². The number of alkyl halides is 2. The zero-order valence-corrected chi connectivity index (χ0v) is 26.5. The van der Waals surface area contributed by atoms with Crippen LogP contribution in [-0.2, 0) is 24.0 Å². The Labute approximate surface area is 266 Å². The summed E-state index contributed by atoms with van der Waals surface area (Å²) in [5.41, 5.74) is 0.0172. The molecule has 0 unspecified atom stereocenters. The monoisotopic (exact) mass is 647 g/mol. The Morgan fingerprint density at radius 1 is 0.913 bits per heavy atom. The number of fused-ring (bicyclic) bond motifs is 1. The minimum Gasteiger partial charge on any atom is -0.347 e. The molecule has 0 aromatic carbocycles. The topological polar surface area (TPSA) is 180 Å². The van der Waals surface area contributed by atoms with Crippen molar-refractivity contribution in [2.75, 3.05) is 6.54 Å². The van der Waals surface area contributed by atoms with E-state index in [0.717, 1.165) is 12.8 Å². The van der Waals surface area contributed by atoms with Crippen LogP contribution in [0.25, 0.3) is 0 Å². The molecule has 3 aliphatic rings. The molecular formula is C31H43F2N7O6. The highest BCUT2D eigenvalue weighted by molar-refractivity contribution is 6.38. The quantitative estimate of drug-likeness (QED) is 0.216. The van der Waals surface area contributed by atoms with Gasteiger partial charge in [-0.25, -0.2) is 13.8 Å². The van der Waals surface area contributed by atoms with E-state index >= 15 is 0 Å². The number of amides is 5. The number of rotatable bonds is 14. The average molecular weight is 648 g/mol. The van der Waals surface area contributed by atoms with Gasteiger partial charge in [0.05, 0.1) is 6.20 Å². The number of hydrogen-bond donors (Lipinski definition) is 4. The molecule has 252 valence electrons. The van der Waals surface area contributed by atoms with Crippen LogP contribution in [0.4, 0.5) is 8.78 Å². The van der Waals surface area contributed by atoms with Crippen molar-refractivity contribution in [1.29, 1.82) is 0 Å². The first-order chi connectivity index (χ1) is 21.8. The summed E-state index contributed by atoms with van der Waals surface area (Å²) in [6, 6.07) is -5.12. The highest BCUT2D eigenvalue weighted by atomic mass is 19.3. The first kappa shape index (κ1) is 34.8. The second-order valence-corrected chi connectivity index (χ2v) is 13.1. The molecule has 0 radical (unpaired) electrons. The molecular weight excluding hydrogens is 604 g/mol. The van der Waals surface area contributed by atoms with E-state index in [0.29, 0.717) is 19.3 Å². The van der Waals surface area contributed by atoms with Crippen LogP contribution in [0.3, 0.4) is 0 Å². The van der Waals surface area contributed by atoms with E-state index < -0.39 is 78.3 Å². The number of aromatic nitrogens is 2. The van der Waals surface area contributed by atoms with E-state index in [1.807, 2.05) is 0 Å². The number of Topliss-reactive ketones (excluding diaryl/α,β-unsaturated/α-hetero) is 1. The Kier molecular flexibility index (Phi) is 11.4. The maximum Gasteiger partial charge on any atom is 0.289 e. The number of nitrogens with zero attached hydrogens (tertiary/aromatic N) is 3. The van der Waals surface area contributed by atoms with E-state index in [-0.39, 0.29) is 36.0 Å². The van der Waals surface area contributed by atoms with Crippen LogP contribution in [0.15, 0.2) is 18.6 Å². The molecule has 1 aliphatic heterocycles. The molecule has 1 aromatic heterocycles. The number of carbonyl (C=O) groups is 6. The number of carbonyl (C=O) groups excluding carboxylic acids is 6. The Balaban J connectivity index is 1.51. The zero-order chi connectivity index (χ0) is 33.7. The Morgan fingerprint density at radius 3 is 2.20 bits per heavy atom. The molecule has 6 atom stereocenters. The predicted molar refractivity (Wildman–Crippen MR) is 160 cm³/mol. The van der Waals surface area contributed by atoms with Crippen molar-refractivity contribution >= 4 is 35.3 Å². The lowest BCUT2D eigenvalue weighted by Gasteiger charge is -2.33. The molecule has 3 fully saturated rings. The maximum atomic E-state index is 14.1. The van der Waals surface area contributed by atoms with Crippen molar-refractivity contribution in [3.8, 4) is 0 Å². The van der Waals surface area contributed by atoms with E-state index in [1.54, 1.807) is 27.7 Å². The normalized spacial score (nSPS) is 22.6. The first-order valence-electron chi connectivity index (χ1n) is 15.9. The summed E-state index contributed by atoms with van der Waals surface area (Å²) in [6.45, 7) is 7.14. The van der Waals surface area contributed by atoms with E-state index in [9.17, 15) is 37.5 Å². The fourth-order valence-electron chi connectivity index (χ4n) is 6.28. The third-order valence-electron chi connectivity index (χ3n) is 8.89. The summed E-state index contributed by atoms with van der Waals surface area (Å²) >= 11 is 0. The van der Waals surface area contributed by atoms with Gasteiger partial charge >= 0.3 is 0 Å². The third-order valence-corrected chi connectivity index (χ3v) is 8.89. The van der Waals surface area contributed by atoms with Crippen LogP contribution in [0.5, 0.6) is 0 Å². The number of ketones is 1. The van der Waals surface area contributed by atoms with E-state index in [2.05, 4.69) is 31.2 Å². The van der Waals surface area contributed by atoms with Gasteiger partial charge in [0.2, 0.25) is 29.9 Å². The van der Waals surface area contributed by atoms with E-state index in [1.165, 1.54) is 23.5 Å². The molecule has 5 amide bonds. The molecule has 0 spiro atoms. The van der Waals surface area contributed by atoms with Gasteiger partial charge in [0, 0.05) is 31.4 Å². The van der Waals surface area contributed by atoms with Crippen molar-refractivity contribution in [2.45, 2.75) is 103 Å². The van der Waals surface area contributed by atoms with Crippen molar-refractivity contribution in [3.63, 3.8) is 0 Å². The number of likely N-dealkylation sites (tertiary alicyclic amines) is 1. The highest BCUT2D eigenvalue weighted by Crippen LogP contribution is 2.42. The van der Waals surface area contributed by atoms with Crippen LogP contribution in [0.2, 0.25) is 0 Å². The van der Waals surface area contributed by atoms with Crippen LogP contribution >= 0.6 is 0 Å². The number of hydrogen-bond acceptors (Lipinski definition) is 8. The lowest BCUT2D eigenvalue weighted by atomic mass is 9.92. The van der Waals surface area contributed by atoms with Crippen molar-refractivity contribution in [3.05, 3.63) is 24.3 Å².